The van der Waals surface area contributed by atoms with Crippen molar-refractivity contribution in [3.63, 3.8) is 0 Å². The highest BCUT2D eigenvalue weighted by atomic mass is 16.5. The molecule has 6 heteroatoms. The molecule has 112 valence electrons. The Hall–Kier alpha value is -2.50. The summed E-state index contributed by atoms with van der Waals surface area (Å²) in [4.78, 5) is 11.7. The van der Waals surface area contributed by atoms with Crippen molar-refractivity contribution in [3.8, 4) is 5.88 Å². The molecular weight excluding hydrogens is 270 g/mol. The maximum Gasteiger partial charge on any atom is 0.331 e. The van der Waals surface area contributed by atoms with Crippen molar-refractivity contribution in [2.24, 2.45) is 7.05 Å². The van der Waals surface area contributed by atoms with Crippen molar-refractivity contribution < 1.29 is 14.6 Å². The Balaban J connectivity index is 2.43. The van der Waals surface area contributed by atoms with E-state index in [0.717, 1.165) is 11.3 Å². The molecule has 0 saturated carbocycles. The number of nitrogens with zero attached hydrogens (tertiary/aromatic N) is 2. The molecule has 0 fully saturated rings. The van der Waals surface area contributed by atoms with Gasteiger partial charge in [0.15, 0.2) is 6.04 Å². The summed E-state index contributed by atoms with van der Waals surface area (Å²) in [7, 11) is 3.23. The van der Waals surface area contributed by atoms with Gasteiger partial charge in [-0.3, -0.25) is 0 Å². The zero-order chi connectivity index (χ0) is 15.6. The van der Waals surface area contributed by atoms with Crippen LogP contribution in [0.5, 0.6) is 5.88 Å². The summed E-state index contributed by atoms with van der Waals surface area (Å²) in [5.74, 6) is -0.536. The smallest absolute Gasteiger partial charge is 0.331 e. The van der Waals surface area contributed by atoms with E-state index >= 15 is 0 Å². The third-order valence-corrected chi connectivity index (χ3v) is 3.27. The van der Waals surface area contributed by atoms with Crippen molar-refractivity contribution in [1.82, 2.24) is 9.78 Å². The van der Waals surface area contributed by atoms with Crippen LogP contribution in [-0.4, -0.2) is 28.0 Å². The highest BCUT2D eigenvalue weighted by molar-refractivity contribution is 5.80. The summed E-state index contributed by atoms with van der Waals surface area (Å²) in [5, 5.41) is 16.8. The number of aromatic nitrogens is 2. The third-order valence-electron chi connectivity index (χ3n) is 3.27. The van der Waals surface area contributed by atoms with Crippen LogP contribution in [0.3, 0.4) is 0 Å². The Bertz CT molecular complexity index is 664. The highest BCUT2D eigenvalue weighted by Crippen LogP contribution is 2.31. The number of methoxy groups -OCH3 is 1. The van der Waals surface area contributed by atoms with E-state index in [1.807, 2.05) is 31.2 Å². The van der Waals surface area contributed by atoms with E-state index in [1.54, 1.807) is 18.7 Å². The molecule has 2 rings (SSSR count). The molecule has 0 amide bonds. The van der Waals surface area contributed by atoms with E-state index in [1.165, 1.54) is 7.11 Å². The van der Waals surface area contributed by atoms with E-state index in [-0.39, 0.29) is 0 Å². The molecule has 1 aromatic carbocycles. The predicted molar refractivity (Wildman–Crippen MR) is 79.7 cm³/mol. The van der Waals surface area contributed by atoms with Crippen LogP contribution in [0.25, 0.3) is 0 Å². The lowest BCUT2D eigenvalue weighted by atomic mass is 10.1. The lowest BCUT2D eigenvalue weighted by Gasteiger charge is -2.17. The summed E-state index contributed by atoms with van der Waals surface area (Å²) in [6.07, 6.45) is 0. The summed E-state index contributed by atoms with van der Waals surface area (Å²) < 4.78 is 6.83. The van der Waals surface area contributed by atoms with Gasteiger partial charge in [-0.05, 0) is 31.5 Å². The average Bonchev–Trinajstić information content (AvgIpc) is 2.69. The molecule has 0 aliphatic rings. The van der Waals surface area contributed by atoms with Crippen LogP contribution in [0, 0.1) is 13.8 Å². The lowest BCUT2D eigenvalue weighted by molar-refractivity contribution is -0.138. The molecule has 0 bridgehead atoms. The first-order chi connectivity index (χ1) is 9.93. The molecule has 1 unspecified atom stereocenters. The Labute approximate surface area is 123 Å². The topological polar surface area (TPSA) is 76.4 Å². The number of rotatable bonds is 5. The largest absolute Gasteiger partial charge is 0.481 e. The normalized spacial score (nSPS) is 12.0. The number of benzene rings is 1. The van der Waals surface area contributed by atoms with Gasteiger partial charge in [-0.1, -0.05) is 12.1 Å². The number of nitrogens with one attached hydrogen (secondary N) is 1. The second kappa shape index (κ2) is 5.87. The SMILES string of the molecule is COc1c(C(Nc2cccc(C)c2)C(=O)O)c(C)nn1C. The second-order valence-electron chi connectivity index (χ2n) is 4.92. The second-order valence-corrected chi connectivity index (χ2v) is 4.92. The Kier molecular flexibility index (Phi) is 4.16. The summed E-state index contributed by atoms with van der Waals surface area (Å²) >= 11 is 0. The van der Waals surface area contributed by atoms with E-state index in [0.29, 0.717) is 17.1 Å². The monoisotopic (exact) mass is 289 g/mol. The van der Waals surface area contributed by atoms with Crippen LogP contribution in [0.2, 0.25) is 0 Å². The maximum atomic E-state index is 11.7. The van der Waals surface area contributed by atoms with Crippen molar-refractivity contribution in [2.75, 3.05) is 12.4 Å². The number of hydrogen-bond acceptors (Lipinski definition) is 4. The van der Waals surface area contributed by atoms with E-state index in [4.69, 9.17) is 4.74 Å². The Morgan fingerprint density at radius 1 is 1.43 bits per heavy atom. The molecular formula is C15H19N3O3. The number of carboxylic acids is 1. The first-order valence-electron chi connectivity index (χ1n) is 6.57. The van der Waals surface area contributed by atoms with Crippen LogP contribution in [-0.2, 0) is 11.8 Å². The molecule has 2 N–H and O–H groups in total. The Morgan fingerprint density at radius 2 is 2.14 bits per heavy atom. The van der Waals surface area contributed by atoms with Gasteiger partial charge >= 0.3 is 5.97 Å². The van der Waals surface area contributed by atoms with Gasteiger partial charge < -0.3 is 15.2 Å². The van der Waals surface area contributed by atoms with E-state index in [9.17, 15) is 9.90 Å². The van der Waals surface area contributed by atoms with Crippen LogP contribution in [0.4, 0.5) is 5.69 Å². The molecule has 0 aliphatic heterocycles. The minimum atomic E-state index is -0.981. The molecule has 21 heavy (non-hydrogen) atoms. The maximum absolute atomic E-state index is 11.7. The van der Waals surface area contributed by atoms with Gasteiger partial charge in [-0.15, -0.1) is 0 Å². The third kappa shape index (κ3) is 2.99. The lowest BCUT2D eigenvalue weighted by Crippen LogP contribution is -2.21. The van der Waals surface area contributed by atoms with Gasteiger partial charge in [-0.2, -0.15) is 5.10 Å². The fraction of sp³-hybridized carbons (Fsp3) is 0.333. The summed E-state index contributed by atoms with van der Waals surface area (Å²) in [6, 6.07) is 6.64. The van der Waals surface area contributed by atoms with Gasteiger partial charge in [0.2, 0.25) is 5.88 Å². The van der Waals surface area contributed by atoms with Crippen molar-refractivity contribution in [1.29, 1.82) is 0 Å². The standard InChI is InChI=1S/C15H19N3O3/c1-9-6-5-7-11(8-9)16-13(15(19)20)12-10(2)17-18(3)14(12)21-4/h5-8,13,16H,1-4H3,(H,19,20). The number of anilines is 1. The van der Waals surface area contributed by atoms with Crippen LogP contribution in [0.15, 0.2) is 24.3 Å². The fourth-order valence-electron chi connectivity index (χ4n) is 2.39. The number of aliphatic carboxylic acids is 1. The summed E-state index contributed by atoms with van der Waals surface area (Å²) in [6.45, 7) is 3.72. The van der Waals surface area contributed by atoms with Crippen LogP contribution in [0.1, 0.15) is 22.9 Å². The van der Waals surface area contributed by atoms with Crippen molar-refractivity contribution >= 4 is 11.7 Å². The van der Waals surface area contributed by atoms with Crippen molar-refractivity contribution in [3.05, 3.63) is 41.1 Å². The van der Waals surface area contributed by atoms with Crippen LogP contribution < -0.4 is 10.1 Å². The zero-order valence-corrected chi connectivity index (χ0v) is 12.5. The summed E-state index contributed by atoms with van der Waals surface area (Å²) in [5.41, 5.74) is 2.96. The molecule has 1 aromatic heterocycles. The van der Waals surface area contributed by atoms with Gasteiger partial charge in [-0.25, -0.2) is 9.48 Å². The minimum absolute atomic E-state index is 0.444. The highest BCUT2D eigenvalue weighted by Gasteiger charge is 2.29. The minimum Gasteiger partial charge on any atom is -0.481 e. The van der Waals surface area contributed by atoms with Gasteiger partial charge in [0.25, 0.3) is 0 Å². The quantitative estimate of drug-likeness (QED) is 0.883. The van der Waals surface area contributed by atoms with E-state index in [2.05, 4.69) is 10.4 Å². The number of carboxylic acid groups (broad SMARTS) is 1. The van der Waals surface area contributed by atoms with Gasteiger partial charge in [0.05, 0.1) is 18.4 Å². The zero-order valence-electron chi connectivity index (χ0n) is 12.5. The molecule has 1 atom stereocenters. The molecule has 0 radical (unpaired) electrons. The predicted octanol–water partition coefficient (Wildman–Crippen LogP) is 2.28. The molecule has 2 aromatic rings. The first kappa shape index (κ1) is 14.9. The Morgan fingerprint density at radius 3 is 2.71 bits per heavy atom. The first-order valence-corrected chi connectivity index (χ1v) is 6.57. The number of hydrogen-bond donors (Lipinski definition) is 2. The number of aryl methyl sites for hydroxylation is 3. The molecule has 1 heterocycles. The van der Waals surface area contributed by atoms with Crippen molar-refractivity contribution in [2.45, 2.75) is 19.9 Å². The van der Waals surface area contributed by atoms with Crippen LogP contribution >= 0.6 is 0 Å². The molecule has 0 spiro atoms. The van der Waals surface area contributed by atoms with Gasteiger partial charge in [0.1, 0.15) is 0 Å². The van der Waals surface area contributed by atoms with Gasteiger partial charge in [0, 0.05) is 12.7 Å². The molecule has 0 aliphatic carbocycles. The van der Waals surface area contributed by atoms with E-state index < -0.39 is 12.0 Å². The molecule has 0 saturated heterocycles. The fourth-order valence-corrected chi connectivity index (χ4v) is 2.39. The number of ether oxygens (including phenoxy) is 1. The number of carbonyl (C=O) groups is 1. The average molecular weight is 289 g/mol. The molecule has 6 nitrogen and oxygen atoms in total.